The predicted octanol–water partition coefficient (Wildman–Crippen LogP) is 3.26. The van der Waals surface area contributed by atoms with Crippen LogP contribution >= 0.6 is 0 Å². The molecule has 0 aliphatic rings. The fourth-order valence-corrected chi connectivity index (χ4v) is 1.61. The Hall–Kier alpha value is -2.70. The van der Waals surface area contributed by atoms with E-state index in [0.717, 1.165) is 12.1 Å². The zero-order chi connectivity index (χ0) is 15.4. The van der Waals surface area contributed by atoms with Gasteiger partial charge in [0.2, 0.25) is 0 Å². The van der Waals surface area contributed by atoms with Crippen molar-refractivity contribution in [3.05, 3.63) is 53.8 Å². The first-order valence-corrected chi connectivity index (χ1v) is 5.87. The molecule has 4 nitrogen and oxygen atoms in total. The van der Waals surface area contributed by atoms with E-state index in [9.17, 15) is 18.0 Å². The minimum atomic E-state index is -3.12. The molecule has 0 radical (unpaired) electrons. The van der Waals surface area contributed by atoms with Gasteiger partial charge in [0.15, 0.2) is 11.6 Å². The quantitative estimate of drug-likeness (QED) is 0.851. The third-order valence-corrected chi connectivity index (χ3v) is 2.58. The standard InChI is InChI=1S/C14H11F3N2O2/c15-11-7-10(5-6-12(11)21-14(16)17)19-13(20)8-1-3-9(18)4-2-8/h1-7,14H,18H2,(H,19,20). The molecule has 0 saturated carbocycles. The van der Waals surface area contributed by atoms with Gasteiger partial charge in [0.05, 0.1) is 0 Å². The van der Waals surface area contributed by atoms with Crippen molar-refractivity contribution in [3.8, 4) is 5.75 Å². The summed E-state index contributed by atoms with van der Waals surface area (Å²) in [4.78, 5) is 11.9. The Morgan fingerprint density at radius 1 is 1.14 bits per heavy atom. The number of rotatable bonds is 4. The van der Waals surface area contributed by atoms with Crippen molar-refractivity contribution in [2.45, 2.75) is 6.61 Å². The monoisotopic (exact) mass is 296 g/mol. The van der Waals surface area contributed by atoms with Gasteiger partial charge in [0.25, 0.3) is 5.91 Å². The molecule has 2 aromatic carbocycles. The molecule has 0 spiro atoms. The van der Waals surface area contributed by atoms with E-state index in [1.807, 2.05) is 0 Å². The lowest BCUT2D eigenvalue weighted by Gasteiger charge is -2.09. The van der Waals surface area contributed by atoms with Crippen molar-refractivity contribution in [1.82, 2.24) is 0 Å². The predicted molar refractivity (Wildman–Crippen MR) is 71.8 cm³/mol. The van der Waals surface area contributed by atoms with E-state index in [0.29, 0.717) is 11.3 Å². The van der Waals surface area contributed by atoms with Crippen molar-refractivity contribution in [2.75, 3.05) is 11.1 Å². The number of nitrogens with one attached hydrogen (secondary N) is 1. The van der Waals surface area contributed by atoms with Crippen molar-refractivity contribution in [2.24, 2.45) is 0 Å². The lowest BCUT2D eigenvalue weighted by molar-refractivity contribution is -0.0521. The van der Waals surface area contributed by atoms with Crippen molar-refractivity contribution in [1.29, 1.82) is 0 Å². The van der Waals surface area contributed by atoms with Crippen LogP contribution < -0.4 is 15.8 Å². The summed E-state index contributed by atoms with van der Waals surface area (Å²) in [5, 5.41) is 2.44. The van der Waals surface area contributed by atoms with Gasteiger partial charge in [0.1, 0.15) is 0 Å². The fourth-order valence-electron chi connectivity index (χ4n) is 1.61. The van der Waals surface area contributed by atoms with E-state index in [2.05, 4.69) is 10.1 Å². The van der Waals surface area contributed by atoms with E-state index in [-0.39, 0.29) is 5.69 Å². The lowest BCUT2D eigenvalue weighted by Crippen LogP contribution is -2.12. The first-order chi connectivity index (χ1) is 9.95. The molecule has 7 heteroatoms. The molecule has 0 aliphatic heterocycles. The van der Waals surface area contributed by atoms with E-state index in [1.165, 1.54) is 18.2 Å². The number of hydrogen-bond acceptors (Lipinski definition) is 3. The summed E-state index contributed by atoms with van der Waals surface area (Å²) in [6.45, 7) is -3.12. The van der Waals surface area contributed by atoms with Gasteiger partial charge in [-0.05, 0) is 36.4 Å². The first-order valence-electron chi connectivity index (χ1n) is 5.87. The highest BCUT2D eigenvalue weighted by Crippen LogP contribution is 2.23. The average molecular weight is 296 g/mol. The Balaban J connectivity index is 2.11. The van der Waals surface area contributed by atoms with Gasteiger partial charge in [-0.1, -0.05) is 0 Å². The maximum atomic E-state index is 13.5. The van der Waals surface area contributed by atoms with Crippen molar-refractivity contribution >= 4 is 17.3 Å². The van der Waals surface area contributed by atoms with Gasteiger partial charge in [-0.3, -0.25) is 4.79 Å². The van der Waals surface area contributed by atoms with E-state index in [1.54, 1.807) is 12.1 Å². The summed E-state index contributed by atoms with van der Waals surface area (Å²) >= 11 is 0. The number of carbonyl (C=O) groups is 1. The molecule has 0 heterocycles. The SMILES string of the molecule is Nc1ccc(C(=O)Nc2ccc(OC(F)F)c(F)c2)cc1. The molecule has 0 fully saturated rings. The topological polar surface area (TPSA) is 64.4 Å². The summed E-state index contributed by atoms with van der Waals surface area (Å²) in [7, 11) is 0. The van der Waals surface area contributed by atoms with Crippen LogP contribution in [0.3, 0.4) is 0 Å². The molecule has 0 bridgehead atoms. The molecule has 1 amide bonds. The molecule has 0 atom stereocenters. The summed E-state index contributed by atoms with van der Waals surface area (Å²) in [5.74, 6) is -2.06. The Kier molecular flexibility index (Phi) is 4.32. The largest absolute Gasteiger partial charge is 0.432 e. The van der Waals surface area contributed by atoms with Gasteiger partial charge < -0.3 is 15.8 Å². The number of benzene rings is 2. The normalized spacial score (nSPS) is 10.5. The minimum Gasteiger partial charge on any atom is -0.432 e. The summed E-state index contributed by atoms with van der Waals surface area (Å²) in [6.07, 6.45) is 0. The van der Waals surface area contributed by atoms with Crippen LogP contribution in [0.2, 0.25) is 0 Å². The molecular weight excluding hydrogens is 285 g/mol. The maximum Gasteiger partial charge on any atom is 0.387 e. The van der Waals surface area contributed by atoms with Crippen LogP contribution in [-0.4, -0.2) is 12.5 Å². The number of nitrogen functional groups attached to an aromatic ring is 1. The smallest absolute Gasteiger partial charge is 0.387 e. The van der Waals surface area contributed by atoms with E-state index < -0.39 is 24.1 Å². The third-order valence-electron chi connectivity index (χ3n) is 2.58. The Morgan fingerprint density at radius 2 is 1.81 bits per heavy atom. The number of amides is 1. The first kappa shape index (κ1) is 14.7. The molecule has 2 aromatic rings. The van der Waals surface area contributed by atoms with Crippen LogP contribution in [0.5, 0.6) is 5.75 Å². The van der Waals surface area contributed by atoms with Crippen LogP contribution in [0.1, 0.15) is 10.4 Å². The Labute approximate surface area is 118 Å². The molecule has 3 N–H and O–H groups in total. The number of ether oxygens (including phenoxy) is 1. The van der Waals surface area contributed by atoms with Crippen molar-refractivity contribution in [3.63, 3.8) is 0 Å². The maximum absolute atomic E-state index is 13.5. The second kappa shape index (κ2) is 6.17. The number of halogens is 3. The van der Waals surface area contributed by atoms with Gasteiger partial charge in [-0.15, -0.1) is 0 Å². The molecule has 21 heavy (non-hydrogen) atoms. The third kappa shape index (κ3) is 3.88. The number of nitrogens with two attached hydrogens (primary N) is 1. The Bertz CT molecular complexity index is 645. The average Bonchev–Trinajstić information content (AvgIpc) is 2.42. The number of anilines is 2. The Morgan fingerprint density at radius 3 is 2.38 bits per heavy atom. The highest BCUT2D eigenvalue weighted by Gasteiger charge is 2.12. The molecule has 0 aliphatic carbocycles. The molecular formula is C14H11F3N2O2. The summed E-state index contributed by atoms with van der Waals surface area (Å²) < 4.78 is 41.5. The summed E-state index contributed by atoms with van der Waals surface area (Å²) in [6, 6.07) is 9.29. The number of carbonyl (C=O) groups excluding carboxylic acids is 1. The molecule has 0 aromatic heterocycles. The van der Waals surface area contributed by atoms with E-state index >= 15 is 0 Å². The van der Waals surface area contributed by atoms with Crippen LogP contribution in [0.15, 0.2) is 42.5 Å². The number of alkyl halides is 2. The highest BCUT2D eigenvalue weighted by molar-refractivity contribution is 6.04. The fraction of sp³-hybridized carbons (Fsp3) is 0.0714. The molecule has 0 saturated heterocycles. The molecule has 2 rings (SSSR count). The van der Waals surface area contributed by atoms with Crippen LogP contribution in [0.4, 0.5) is 24.5 Å². The minimum absolute atomic E-state index is 0.121. The lowest BCUT2D eigenvalue weighted by atomic mass is 10.2. The second-order valence-electron chi connectivity index (χ2n) is 4.10. The second-order valence-corrected chi connectivity index (χ2v) is 4.10. The van der Waals surface area contributed by atoms with Gasteiger partial charge >= 0.3 is 6.61 Å². The van der Waals surface area contributed by atoms with Crippen LogP contribution in [0, 0.1) is 5.82 Å². The molecule has 110 valence electrons. The van der Waals surface area contributed by atoms with Gasteiger partial charge in [-0.25, -0.2) is 4.39 Å². The van der Waals surface area contributed by atoms with Crippen LogP contribution in [0.25, 0.3) is 0 Å². The van der Waals surface area contributed by atoms with Gasteiger partial charge in [-0.2, -0.15) is 8.78 Å². The highest BCUT2D eigenvalue weighted by atomic mass is 19.3. The van der Waals surface area contributed by atoms with Crippen molar-refractivity contribution < 1.29 is 22.7 Å². The number of hydrogen-bond donors (Lipinski definition) is 2. The van der Waals surface area contributed by atoms with E-state index in [4.69, 9.17) is 5.73 Å². The summed E-state index contributed by atoms with van der Waals surface area (Å²) in [5.41, 5.74) is 6.46. The van der Waals surface area contributed by atoms with Gasteiger partial charge in [0, 0.05) is 23.0 Å². The molecule has 0 unspecified atom stereocenters. The van der Waals surface area contributed by atoms with Crippen LogP contribution in [-0.2, 0) is 0 Å². The zero-order valence-corrected chi connectivity index (χ0v) is 10.6. The zero-order valence-electron chi connectivity index (χ0n) is 10.6.